The Morgan fingerprint density at radius 3 is 3.00 bits per heavy atom. The van der Waals surface area contributed by atoms with Crippen molar-refractivity contribution in [1.29, 1.82) is 0 Å². The maximum atomic E-state index is 13.4. The van der Waals surface area contributed by atoms with Crippen molar-refractivity contribution < 1.29 is 13.5 Å². The summed E-state index contributed by atoms with van der Waals surface area (Å²) in [6, 6.07) is 3.11. The lowest BCUT2D eigenvalue weighted by Gasteiger charge is -2.12. The smallest absolute Gasteiger partial charge is 0.193 e. The summed E-state index contributed by atoms with van der Waals surface area (Å²) in [5.41, 5.74) is 6.73. The van der Waals surface area contributed by atoms with Gasteiger partial charge in [0.2, 0.25) is 0 Å². The highest BCUT2D eigenvalue weighted by atomic mass is 19.1. The molecule has 6 heteroatoms. The molecule has 0 saturated carbocycles. The van der Waals surface area contributed by atoms with Crippen LogP contribution in [0.3, 0.4) is 0 Å². The van der Waals surface area contributed by atoms with E-state index in [9.17, 15) is 8.78 Å². The fraction of sp³-hybridized carbons (Fsp3) is 0.308. The number of nitrogens with zero attached hydrogens (tertiary/aromatic N) is 1. The summed E-state index contributed by atoms with van der Waals surface area (Å²) in [5, 5.41) is 2.54. The molecule has 0 radical (unpaired) electrons. The predicted octanol–water partition coefficient (Wildman–Crippen LogP) is 2.04. The molecule has 0 spiro atoms. The van der Waals surface area contributed by atoms with Gasteiger partial charge in [-0.05, 0) is 24.1 Å². The third-order valence-electron chi connectivity index (χ3n) is 2.70. The van der Waals surface area contributed by atoms with Crippen LogP contribution in [0.5, 0.6) is 0 Å². The number of anilines is 1. The van der Waals surface area contributed by atoms with E-state index in [1.807, 2.05) is 6.08 Å². The number of guanidine groups is 1. The van der Waals surface area contributed by atoms with Crippen molar-refractivity contribution in [3.63, 3.8) is 0 Å². The fourth-order valence-corrected chi connectivity index (χ4v) is 1.67. The molecule has 0 fully saturated rings. The Bertz CT molecular complexity index is 515. The van der Waals surface area contributed by atoms with Gasteiger partial charge in [0.15, 0.2) is 5.96 Å². The van der Waals surface area contributed by atoms with Gasteiger partial charge in [-0.25, -0.2) is 13.8 Å². The minimum Gasteiger partial charge on any atom is -0.377 e. The van der Waals surface area contributed by atoms with E-state index in [-0.39, 0.29) is 11.6 Å². The van der Waals surface area contributed by atoms with Crippen molar-refractivity contribution in [2.24, 2.45) is 10.7 Å². The van der Waals surface area contributed by atoms with E-state index in [0.717, 1.165) is 30.2 Å². The highest BCUT2D eigenvalue weighted by Gasteiger charge is 2.06. The molecule has 0 atom stereocenters. The number of nitrogens with two attached hydrogens (primary N) is 1. The fourth-order valence-electron chi connectivity index (χ4n) is 1.67. The van der Waals surface area contributed by atoms with Gasteiger partial charge in [-0.1, -0.05) is 6.08 Å². The number of benzene rings is 1. The molecule has 1 aromatic carbocycles. The van der Waals surface area contributed by atoms with Crippen molar-refractivity contribution in [3.8, 4) is 0 Å². The zero-order valence-electron chi connectivity index (χ0n) is 10.3. The quantitative estimate of drug-likeness (QED) is 0.500. The molecule has 19 heavy (non-hydrogen) atoms. The molecule has 1 aromatic rings. The van der Waals surface area contributed by atoms with Gasteiger partial charge >= 0.3 is 0 Å². The minimum atomic E-state index is -0.579. The summed E-state index contributed by atoms with van der Waals surface area (Å²) >= 11 is 0. The number of halogens is 2. The second kappa shape index (κ2) is 6.29. The molecule has 0 aliphatic carbocycles. The van der Waals surface area contributed by atoms with Crippen LogP contribution in [0.4, 0.5) is 14.5 Å². The van der Waals surface area contributed by atoms with Crippen LogP contribution in [-0.4, -0.2) is 25.7 Å². The summed E-state index contributed by atoms with van der Waals surface area (Å²) in [7, 11) is 0. The molecule has 0 unspecified atom stereocenters. The third-order valence-corrected chi connectivity index (χ3v) is 2.70. The normalized spacial score (nSPS) is 16.1. The first-order chi connectivity index (χ1) is 9.15. The van der Waals surface area contributed by atoms with E-state index in [2.05, 4.69) is 10.3 Å². The predicted molar refractivity (Wildman–Crippen MR) is 70.0 cm³/mol. The largest absolute Gasteiger partial charge is 0.377 e. The molecule has 1 aliphatic rings. The molecule has 0 amide bonds. The third kappa shape index (κ3) is 4.03. The molecule has 3 N–H and O–H groups in total. The number of nitrogens with one attached hydrogen (secondary N) is 1. The molecular formula is C13H15F2N3O. The molecular weight excluding hydrogens is 252 g/mol. The molecule has 4 nitrogen and oxygen atoms in total. The SMILES string of the molecule is NC(=NCC1=CCOCC1)Nc1cc(F)ccc1F. The second-order valence-corrected chi connectivity index (χ2v) is 4.14. The molecule has 0 saturated heterocycles. The van der Waals surface area contributed by atoms with Crippen molar-refractivity contribution in [2.45, 2.75) is 6.42 Å². The first-order valence-electron chi connectivity index (χ1n) is 5.93. The van der Waals surface area contributed by atoms with Crippen LogP contribution < -0.4 is 11.1 Å². The van der Waals surface area contributed by atoms with Gasteiger partial charge in [-0.2, -0.15) is 0 Å². The van der Waals surface area contributed by atoms with Gasteiger partial charge in [0, 0.05) is 6.07 Å². The highest BCUT2D eigenvalue weighted by Crippen LogP contribution is 2.15. The molecule has 0 bridgehead atoms. The van der Waals surface area contributed by atoms with E-state index >= 15 is 0 Å². The number of hydrogen-bond donors (Lipinski definition) is 2. The van der Waals surface area contributed by atoms with Crippen molar-refractivity contribution >= 4 is 11.6 Å². The average Bonchev–Trinajstić information content (AvgIpc) is 2.42. The Labute approximate surface area is 110 Å². The van der Waals surface area contributed by atoms with Gasteiger partial charge in [0.05, 0.1) is 25.4 Å². The Balaban J connectivity index is 1.97. The summed E-state index contributed by atoms with van der Waals surface area (Å²) in [5.74, 6) is -1.06. The Morgan fingerprint density at radius 1 is 1.42 bits per heavy atom. The van der Waals surface area contributed by atoms with Crippen LogP contribution in [0.2, 0.25) is 0 Å². The topological polar surface area (TPSA) is 59.6 Å². The van der Waals surface area contributed by atoms with Gasteiger partial charge in [0.25, 0.3) is 0 Å². The standard InChI is InChI=1S/C13H15F2N3O/c14-10-1-2-11(15)12(7-10)18-13(16)17-8-9-3-5-19-6-4-9/h1-3,7H,4-6,8H2,(H3,16,17,18). The zero-order chi connectivity index (χ0) is 13.7. The molecule has 1 aliphatic heterocycles. The van der Waals surface area contributed by atoms with Crippen molar-refractivity contribution in [3.05, 3.63) is 41.5 Å². The second-order valence-electron chi connectivity index (χ2n) is 4.14. The lowest BCUT2D eigenvalue weighted by atomic mass is 10.1. The molecule has 0 aromatic heterocycles. The van der Waals surface area contributed by atoms with E-state index < -0.39 is 11.6 Å². The number of hydrogen-bond acceptors (Lipinski definition) is 2. The lowest BCUT2D eigenvalue weighted by Crippen LogP contribution is -2.24. The lowest BCUT2D eigenvalue weighted by molar-refractivity contribution is 0.154. The Hall–Kier alpha value is -1.95. The molecule has 102 valence electrons. The highest BCUT2D eigenvalue weighted by molar-refractivity contribution is 5.92. The molecule has 2 rings (SSSR count). The Morgan fingerprint density at radius 2 is 2.26 bits per heavy atom. The minimum absolute atomic E-state index is 0.0257. The monoisotopic (exact) mass is 267 g/mol. The van der Waals surface area contributed by atoms with Crippen LogP contribution in [-0.2, 0) is 4.74 Å². The van der Waals surface area contributed by atoms with E-state index in [1.54, 1.807) is 0 Å². The van der Waals surface area contributed by atoms with Crippen LogP contribution in [0, 0.1) is 11.6 Å². The van der Waals surface area contributed by atoms with Crippen LogP contribution >= 0.6 is 0 Å². The Kier molecular flexibility index (Phi) is 4.46. The summed E-state index contributed by atoms with van der Waals surface area (Å²) in [6.45, 7) is 1.68. The van der Waals surface area contributed by atoms with Crippen molar-refractivity contribution in [1.82, 2.24) is 0 Å². The average molecular weight is 267 g/mol. The first-order valence-corrected chi connectivity index (χ1v) is 5.93. The summed E-state index contributed by atoms with van der Waals surface area (Å²) in [6.07, 6.45) is 2.76. The van der Waals surface area contributed by atoms with Gasteiger partial charge in [-0.15, -0.1) is 0 Å². The number of ether oxygens (including phenoxy) is 1. The molecule has 1 heterocycles. The van der Waals surface area contributed by atoms with Gasteiger partial charge in [0.1, 0.15) is 11.6 Å². The van der Waals surface area contributed by atoms with E-state index in [4.69, 9.17) is 10.5 Å². The zero-order valence-corrected chi connectivity index (χ0v) is 10.3. The number of rotatable bonds is 3. The maximum absolute atomic E-state index is 13.4. The number of aliphatic imine (C=N–C) groups is 1. The summed E-state index contributed by atoms with van der Waals surface area (Å²) < 4.78 is 31.5. The van der Waals surface area contributed by atoms with E-state index in [0.29, 0.717) is 19.8 Å². The maximum Gasteiger partial charge on any atom is 0.193 e. The van der Waals surface area contributed by atoms with Gasteiger partial charge < -0.3 is 15.8 Å². The summed E-state index contributed by atoms with van der Waals surface area (Å²) in [4.78, 5) is 4.08. The van der Waals surface area contributed by atoms with Gasteiger partial charge in [-0.3, -0.25) is 0 Å². The van der Waals surface area contributed by atoms with Crippen LogP contribution in [0.15, 0.2) is 34.8 Å². The van der Waals surface area contributed by atoms with E-state index in [1.165, 1.54) is 0 Å². The van der Waals surface area contributed by atoms with Crippen molar-refractivity contribution in [2.75, 3.05) is 25.1 Å². The first kappa shape index (κ1) is 13.5. The van der Waals surface area contributed by atoms with Crippen LogP contribution in [0.1, 0.15) is 6.42 Å². The van der Waals surface area contributed by atoms with Crippen LogP contribution in [0.25, 0.3) is 0 Å².